The number of nitrogens with one attached hydrogen (secondary N) is 1. The number of hydrogen-bond acceptors (Lipinski definition) is 4. The highest BCUT2D eigenvalue weighted by Gasteiger charge is 1.94. The number of aromatic nitrogens is 1. The number of hydrogen-bond donors (Lipinski definition) is 1. The van der Waals surface area contributed by atoms with Gasteiger partial charge in [-0.3, -0.25) is 5.43 Å². The molecule has 0 saturated carbocycles. The Labute approximate surface area is 96.7 Å². The van der Waals surface area contributed by atoms with Crippen molar-refractivity contribution in [3.05, 3.63) is 46.7 Å². The molecule has 1 heterocycles. The maximum Gasteiger partial charge on any atom is 0.203 e. The average Bonchev–Trinajstić information content (AvgIpc) is 2.67. The van der Waals surface area contributed by atoms with Gasteiger partial charge in [-0.2, -0.15) is 5.10 Å². The lowest BCUT2D eigenvalue weighted by Gasteiger charge is -1.94. The van der Waals surface area contributed by atoms with E-state index >= 15 is 0 Å². The number of nitrogens with zero attached hydrogens (tertiary/aromatic N) is 2. The average molecular weight is 235 g/mol. The third kappa shape index (κ3) is 2.87. The van der Waals surface area contributed by atoms with E-state index in [4.69, 9.17) is 0 Å². The van der Waals surface area contributed by atoms with Crippen molar-refractivity contribution in [3.8, 4) is 0 Å². The maximum absolute atomic E-state index is 12.6. The molecule has 0 spiro atoms. The molecule has 2 aromatic rings. The summed E-state index contributed by atoms with van der Waals surface area (Å²) in [7, 11) is 0. The summed E-state index contributed by atoms with van der Waals surface area (Å²) in [6, 6.07) is 6.12. The van der Waals surface area contributed by atoms with Crippen LogP contribution in [0, 0.1) is 12.7 Å². The van der Waals surface area contributed by atoms with Crippen LogP contribution in [0.1, 0.15) is 11.3 Å². The van der Waals surface area contributed by atoms with Gasteiger partial charge in [0.25, 0.3) is 0 Å². The summed E-state index contributed by atoms with van der Waals surface area (Å²) in [6.07, 6.45) is 1.62. The molecule has 0 radical (unpaired) electrons. The first-order valence-corrected chi connectivity index (χ1v) is 5.59. The van der Waals surface area contributed by atoms with Crippen LogP contribution in [0.4, 0.5) is 9.52 Å². The van der Waals surface area contributed by atoms with Crippen LogP contribution in [-0.4, -0.2) is 11.2 Å². The van der Waals surface area contributed by atoms with Gasteiger partial charge in [0.05, 0.1) is 11.9 Å². The molecular formula is C11H10FN3S. The molecule has 1 aromatic heterocycles. The Bertz CT molecular complexity index is 490. The lowest BCUT2D eigenvalue weighted by atomic mass is 10.2. The van der Waals surface area contributed by atoms with Crippen molar-refractivity contribution in [1.29, 1.82) is 0 Å². The second kappa shape index (κ2) is 4.85. The Balaban J connectivity index is 1.97. The van der Waals surface area contributed by atoms with E-state index in [0.29, 0.717) is 0 Å². The molecule has 0 aliphatic heterocycles. The zero-order valence-corrected chi connectivity index (χ0v) is 9.46. The molecule has 1 N–H and O–H groups in total. The molecule has 0 aliphatic carbocycles. The van der Waals surface area contributed by atoms with Gasteiger partial charge < -0.3 is 0 Å². The van der Waals surface area contributed by atoms with Crippen LogP contribution in [0.15, 0.2) is 34.7 Å². The lowest BCUT2D eigenvalue weighted by Crippen LogP contribution is -1.90. The number of anilines is 1. The van der Waals surface area contributed by atoms with Gasteiger partial charge in [-0.1, -0.05) is 12.1 Å². The van der Waals surface area contributed by atoms with Gasteiger partial charge in [0.1, 0.15) is 5.82 Å². The number of aryl methyl sites for hydroxylation is 1. The molecule has 3 nitrogen and oxygen atoms in total. The Morgan fingerprint density at radius 2 is 2.12 bits per heavy atom. The molecule has 2 rings (SSSR count). The van der Waals surface area contributed by atoms with E-state index in [0.717, 1.165) is 16.4 Å². The third-order valence-electron chi connectivity index (χ3n) is 1.86. The fraction of sp³-hybridized carbons (Fsp3) is 0.0909. The molecule has 82 valence electrons. The largest absolute Gasteiger partial charge is 0.253 e. The Morgan fingerprint density at radius 1 is 1.38 bits per heavy atom. The van der Waals surface area contributed by atoms with Crippen LogP contribution in [0.2, 0.25) is 0 Å². The molecule has 1 aromatic carbocycles. The first-order chi connectivity index (χ1) is 7.74. The van der Waals surface area contributed by atoms with Crippen LogP contribution in [0.25, 0.3) is 0 Å². The van der Waals surface area contributed by atoms with Crippen LogP contribution < -0.4 is 5.43 Å². The predicted octanol–water partition coefficient (Wildman–Crippen LogP) is 3.04. The van der Waals surface area contributed by atoms with E-state index in [-0.39, 0.29) is 5.82 Å². The minimum absolute atomic E-state index is 0.249. The topological polar surface area (TPSA) is 37.3 Å². The van der Waals surface area contributed by atoms with E-state index in [9.17, 15) is 4.39 Å². The van der Waals surface area contributed by atoms with Gasteiger partial charge in [-0.15, -0.1) is 11.3 Å². The van der Waals surface area contributed by atoms with Gasteiger partial charge in [0.15, 0.2) is 0 Å². The SMILES string of the molecule is Cc1csc(N/N=C/c2ccc(F)cc2)n1. The fourth-order valence-electron chi connectivity index (χ4n) is 1.12. The first-order valence-electron chi connectivity index (χ1n) is 4.71. The zero-order valence-electron chi connectivity index (χ0n) is 8.64. The summed E-state index contributed by atoms with van der Waals surface area (Å²) in [5.41, 5.74) is 4.61. The highest BCUT2D eigenvalue weighted by molar-refractivity contribution is 7.13. The molecule has 5 heteroatoms. The zero-order chi connectivity index (χ0) is 11.4. The lowest BCUT2D eigenvalue weighted by molar-refractivity contribution is 0.628. The standard InChI is InChI=1S/C11H10FN3S/c1-8-7-16-11(14-8)15-13-6-9-2-4-10(12)5-3-9/h2-7H,1H3,(H,14,15)/b13-6+. The molecular weight excluding hydrogens is 225 g/mol. The van der Waals surface area contributed by atoms with Gasteiger partial charge in [0.2, 0.25) is 5.13 Å². The van der Waals surface area contributed by atoms with E-state index in [1.807, 2.05) is 12.3 Å². The van der Waals surface area contributed by atoms with Crippen LogP contribution in [0.3, 0.4) is 0 Å². The summed E-state index contributed by atoms with van der Waals surface area (Å²) in [4.78, 5) is 4.19. The molecule has 0 amide bonds. The second-order valence-corrected chi connectivity index (χ2v) is 4.07. The van der Waals surface area contributed by atoms with Crippen molar-refractivity contribution >= 4 is 22.7 Å². The van der Waals surface area contributed by atoms with Crippen molar-refractivity contribution in [3.63, 3.8) is 0 Å². The van der Waals surface area contributed by atoms with E-state index < -0.39 is 0 Å². The van der Waals surface area contributed by atoms with E-state index in [2.05, 4.69) is 15.5 Å². The van der Waals surface area contributed by atoms with Gasteiger partial charge in [0, 0.05) is 5.38 Å². The van der Waals surface area contributed by atoms with Crippen LogP contribution in [0.5, 0.6) is 0 Å². The van der Waals surface area contributed by atoms with Crippen molar-refractivity contribution in [1.82, 2.24) is 4.98 Å². The number of hydrazone groups is 1. The molecule has 0 aliphatic rings. The highest BCUT2D eigenvalue weighted by Crippen LogP contribution is 2.13. The number of halogens is 1. The summed E-state index contributed by atoms with van der Waals surface area (Å²) >= 11 is 1.49. The summed E-state index contributed by atoms with van der Waals surface area (Å²) in [5, 5.41) is 6.69. The molecule has 0 saturated heterocycles. The van der Waals surface area contributed by atoms with Crippen molar-refractivity contribution in [2.24, 2.45) is 5.10 Å². The molecule has 0 bridgehead atoms. The normalized spacial score (nSPS) is 10.9. The molecule has 16 heavy (non-hydrogen) atoms. The third-order valence-corrected chi connectivity index (χ3v) is 2.73. The second-order valence-electron chi connectivity index (χ2n) is 3.22. The first kappa shape index (κ1) is 10.8. The van der Waals surface area contributed by atoms with Crippen molar-refractivity contribution < 1.29 is 4.39 Å². The van der Waals surface area contributed by atoms with Gasteiger partial charge in [-0.05, 0) is 24.6 Å². The maximum atomic E-state index is 12.6. The van der Waals surface area contributed by atoms with Crippen molar-refractivity contribution in [2.75, 3.05) is 5.43 Å². The molecule has 0 fully saturated rings. The van der Waals surface area contributed by atoms with E-state index in [1.54, 1.807) is 18.3 Å². The quantitative estimate of drug-likeness (QED) is 0.656. The summed E-state index contributed by atoms with van der Waals surface area (Å²) in [5.74, 6) is -0.249. The fourth-order valence-corrected chi connectivity index (χ4v) is 1.75. The van der Waals surface area contributed by atoms with Gasteiger partial charge >= 0.3 is 0 Å². The monoisotopic (exact) mass is 235 g/mol. The molecule has 0 atom stereocenters. The van der Waals surface area contributed by atoms with E-state index in [1.165, 1.54) is 23.5 Å². The van der Waals surface area contributed by atoms with Gasteiger partial charge in [-0.25, -0.2) is 9.37 Å². The summed E-state index contributed by atoms with van der Waals surface area (Å²) < 4.78 is 12.6. The Hall–Kier alpha value is -1.75. The smallest absolute Gasteiger partial charge is 0.203 e. The number of benzene rings is 1. The minimum atomic E-state index is -0.249. The number of thiazole rings is 1. The Morgan fingerprint density at radius 3 is 2.75 bits per heavy atom. The summed E-state index contributed by atoms with van der Waals surface area (Å²) in [6.45, 7) is 1.92. The molecule has 0 unspecified atom stereocenters. The van der Waals surface area contributed by atoms with Crippen molar-refractivity contribution in [2.45, 2.75) is 6.92 Å². The Kier molecular flexibility index (Phi) is 3.26. The predicted molar refractivity (Wildman–Crippen MR) is 64.5 cm³/mol. The number of rotatable bonds is 3. The van der Waals surface area contributed by atoms with Crippen LogP contribution in [-0.2, 0) is 0 Å². The highest BCUT2D eigenvalue weighted by atomic mass is 32.1. The van der Waals surface area contributed by atoms with Crippen LogP contribution >= 0.6 is 11.3 Å². The minimum Gasteiger partial charge on any atom is -0.253 e.